The molecule has 1 saturated heterocycles. The SMILES string of the molecule is CCCCOCCCNC(=O)[C@H]1CC(=O)N(c2ccc(Cl)cc2)C1. The zero-order valence-corrected chi connectivity index (χ0v) is 14.8. The molecule has 1 heterocycles. The average molecular weight is 353 g/mol. The second-order valence-corrected chi connectivity index (χ2v) is 6.43. The van der Waals surface area contributed by atoms with E-state index >= 15 is 0 Å². The molecule has 1 aromatic rings. The van der Waals surface area contributed by atoms with Crippen molar-refractivity contribution in [1.82, 2.24) is 5.32 Å². The molecular weight excluding hydrogens is 328 g/mol. The van der Waals surface area contributed by atoms with Gasteiger partial charge in [-0.15, -0.1) is 0 Å². The Morgan fingerprint density at radius 2 is 2.00 bits per heavy atom. The molecule has 0 radical (unpaired) electrons. The van der Waals surface area contributed by atoms with Gasteiger partial charge in [-0.3, -0.25) is 9.59 Å². The summed E-state index contributed by atoms with van der Waals surface area (Å²) in [6.07, 6.45) is 3.23. The predicted molar refractivity (Wildman–Crippen MR) is 95.3 cm³/mol. The van der Waals surface area contributed by atoms with Crippen molar-refractivity contribution in [2.75, 3.05) is 31.2 Å². The standard InChI is InChI=1S/C18H25ClN2O3/c1-2-3-10-24-11-4-9-20-18(23)14-12-17(22)21(13-14)16-7-5-15(19)6-8-16/h5-8,14H,2-4,9-13H2,1H3,(H,20,23)/t14-/m0/s1. The summed E-state index contributed by atoms with van der Waals surface area (Å²) in [5, 5.41) is 3.52. The molecular formula is C18H25ClN2O3. The smallest absolute Gasteiger partial charge is 0.227 e. The fourth-order valence-electron chi connectivity index (χ4n) is 2.63. The Hall–Kier alpha value is -1.59. The predicted octanol–water partition coefficient (Wildman–Crippen LogP) is 3.02. The van der Waals surface area contributed by atoms with Crippen LogP contribution in [0.5, 0.6) is 0 Å². The fraction of sp³-hybridized carbons (Fsp3) is 0.556. The van der Waals surface area contributed by atoms with Crippen LogP contribution in [0.1, 0.15) is 32.6 Å². The van der Waals surface area contributed by atoms with Gasteiger partial charge in [0.2, 0.25) is 11.8 Å². The zero-order chi connectivity index (χ0) is 17.4. The Morgan fingerprint density at radius 1 is 1.29 bits per heavy atom. The molecule has 2 rings (SSSR count). The maximum atomic E-state index is 12.2. The van der Waals surface area contributed by atoms with Crippen LogP contribution in [0.2, 0.25) is 5.02 Å². The van der Waals surface area contributed by atoms with Crippen molar-refractivity contribution in [1.29, 1.82) is 0 Å². The van der Waals surface area contributed by atoms with Crippen molar-refractivity contribution >= 4 is 29.1 Å². The first-order valence-corrected chi connectivity index (χ1v) is 8.91. The minimum Gasteiger partial charge on any atom is -0.381 e. The number of benzene rings is 1. The summed E-state index contributed by atoms with van der Waals surface area (Å²) in [6.45, 7) is 4.55. The topological polar surface area (TPSA) is 58.6 Å². The molecule has 1 N–H and O–H groups in total. The highest BCUT2D eigenvalue weighted by Crippen LogP contribution is 2.26. The van der Waals surface area contributed by atoms with E-state index in [1.807, 2.05) is 0 Å². The van der Waals surface area contributed by atoms with Gasteiger partial charge in [0.25, 0.3) is 0 Å². The van der Waals surface area contributed by atoms with Crippen LogP contribution in [0.15, 0.2) is 24.3 Å². The number of nitrogens with one attached hydrogen (secondary N) is 1. The molecule has 1 fully saturated rings. The highest BCUT2D eigenvalue weighted by atomic mass is 35.5. The number of carbonyl (C=O) groups is 2. The van der Waals surface area contributed by atoms with Gasteiger partial charge in [-0.25, -0.2) is 0 Å². The summed E-state index contributed by atoms with van der Waals surface area (Å²) < 4.78 is 5.46. The van der Waals surface area contributed by atoms with Gasteiger partial charge in [-0.05, 0) is 37.1 Å². The lowest BCUT2D eigenvalue weighted by Gasteiger charge is -2.16. The van der Waals surface area contributed by atoms with Crippen LogP contribution in [0.4, 0.5) is 5.69 Å². The van der Waals surface area contributed by atoms with E-state index in [0.717, 1.165) is 31.6 Å². The maximum absolute atomic E-state index is 12.2. The van der Waals surface area contributed by atoms with Gasteiger partial charge in [0.05, 0.1) is 5.92 Å². The number of unbranched alkanes of at least 4 members (excludes halogenated alkanes) is 1. The highest BCUT2D eigenvalue weighted by Gasteiger charge is 2.34. The number of hydrogen-bond donors (Lipinski definition) is 1. The Labute approximate surface area is 148 Å². The summed E-state index contributed by atoms with van der Waals surface area (Å²) in [7, 11) is 0. The van der Waals surface area contributed by atoms with Crippen molar-refractivity contribution in [3.8, 4) is 0 Å². The van der Waals surface area contributed by atoms with E-state index in [-0.39, 0.29) is 24.2 Å². The molecule has 0 aliphatic carbocycles. The number of carbonyl (C=O) groups excluding carboxylic acids is 2. The fourth-order valence-corrected chi connectivity index (χ4v) is 2.76. The number of hydrogen-bond acceptors (Lipinski definition) is 3. The van der Waals surface area contributed by atoms with Gasteiger partial charge in [-0.1, -0.05) is 24.9 Å². The Morgan fingerprint density at radius 3 is 2.71 bits per heavy atom. The van der Waals surface area contributed by atoms with E-state index in [9.17, 15) is 9.59 Å². The van der Waals surface area contributed by atoms with E-state index in [2.05, 4.69) is 12.2 Å². The first-order chi connectivity index (χ1) is 11.6. The second kappa shape index (κ2) is 9.64. The Balaban J connectivity index is 1.72. The maximum Gasteiger partial charge on any atom is 0.227 e. The van der Waals surface area contributed by atoms with Crippen LogP contribution >= 0.6 is 11.6 Å². The number of rotatable bonds is 9. The Bertz CT molecular complexity index is 548. The second-order valence-electron chi connectivity index (χ2n) is 5.99. The van der Waals surface area contributed by atoms with Crippen LogP contribution in [0.25, 0.3) is 0 Å². The lowest BCUT2D eigenvalue weighted by Crippen LogP contribution is -2.33. The van der Waals surface area contributed by atoms with Gasteiger partial charge in [0.1, 0.15) is 0 Å². The van der Waals surface area contributed by atoms with E-state index in [1.165, 1.54) is 0 Å². The van der Waals surface area contributed by atoms with Crippen LogP contribution in [0, 0.1) is 5.92 Å². The molecule has 2 amide bonds. The summed E-state index contributed by atoms with van der Waals surface area (Å²) in [6, 6.07) is 7.09. The molecule has 1 aliphatic heterocycles. The third-order valence-electron chi connectivity index (χ3n) is 4.04. The lowest BCUT2D eigenvalue weighted by molar-refractivity contribution is -0.126. The van der Waals surface area contributed by atoms with Gasteiger partial charge in [0, 0.05) is 43.4 Å². The number of anilines is 1. The molecule has 0 unspecified atom stereocenters. The third kappa shape index (κ3) is 5.49. The van der Waals surface area contributed by atoms with Gasteiger partial charge >= 0.3 is 0 Å². The molecule has 0 spiro atoms. The van der Waals surface area contributed by atoms with Crippen LogP contribution in [-0.2, 0) is 14.3 Å². The molecule has 0 saturated carbocycles. The van der Waals surface area contributed by atoms with Crippen molar-refractivity contribution < 1.29 is 14.3 Å². The van der Waals surface area contributed by atoms with E-state index in [0.29, 0.717) is 24.7 Å². The average Bonchev–Trinajstić information content (AvgIpc) is 2.96. The summed E-state index contributed by atoms with van der Waals surface area (Å²) >= 11 is 5.87. The highest BCUT2D eigenvalue weighted by molar-refractivity contribution is 6.30. The number of ether oxygens (including phenoxy) is 1. The lowest BCUT2D eigenvalue weighted by atomic mass is 10.1. The van der Waals surface area contributed by atoms with Gasteiger partial charge in [0.15, 0.2) is 0 Å². The molecule has 1 aliphatic rings. The van der Waals surface area contributed by atoms with Crippen LogP contribution in [-0.4, -0.2) is 38.1 Å². The summed E-state index contributed by atoms with van der Waals surface area (Å²) in [5.74, 6) is -0.386. The molecule has 24 heavy (non-hydrogen) atoms. The molecule has 0 aromatic heterocycles. The molecule has 6 heteroatoms. The Kier molecular flexibility index (Phi) is 7.53. The summed E-state index contributed by atoms with van der Waals surface area (Å²) in [4.78, 5) is 26.0. The van der Waals surface area contributed by atoms with Crippen LogP contribution in [0.3, 0.4) is 0 Å². The molecule has 5 nitrogen and oxygen atoms in total. The first-order valence-electron chi connectivity index (χ1n) is 8.53. The number of amides is 2. The van der Waals surface area contributed by atoms with E-state index in [4.69, 9.17) is 16.3 Å². The minimum atomic E-state index is -0.297. The van der Waals surface area contributed by atoms with Gasteiger partial charge < -0.3 is 15.0 Å². The third-order valence-corrected chi connectivity index (χ3v) is 4.29. The zero-order valence-electron chi connectivity index (χ0n) is 14.1. The normalized spacial score (nSPS) is 17.3. The van der Waals surface area contributed by atoms with Crippen molar-refractivity contribution in [3.63, 3.8) is 0 Å². The molecule has 0 bridgehead atoms. The number of nitrogens with zero attached hydrogens (tertiary/aromatic N) is 1. The molecule has 1 atom stereocenters. The van der Waals surface area contributed by atoms with Gasteiger partial charge in [-0.2, -0.15) is 0 Å². The minimum absolute atomic E-state index is 0.0274. The van der Waals surface area contributed by atoms with Crippen LogP contribution < -0.4 is 10.2 Å². The quantitative estimate of drug-likeness (QED) is 0.695. The van der Waals surface area contributed by atoms with Crippen molar-refractivity contribution in [2.45, 2.75) is 32.6 Å². The number of halogens is 1. The largest absolute Gasteiger partial charge is 0.381 e. The molecule has 132 valence electrons. The molecule has 1 aromatic carbocycles. The summed E-state index contributed by atoms with van der Waals surface area (Å²) in [5.41, 5.74) is 0.782. The first kappa shape index (κ1) is 18.7. The van der Waals surface area contributed by atoms with Crippen molar-refractivity contribution in [3.05, 3.63) is 29.3 Å². The van der Waals surface area contributed by atoms with E-state index in [1.54, 1.807) is 29.2 Å². The monoisotopic (exact) mass is 352 g/mol. The van der Waals surface area contributed by atoms with E-state index < -0.39 is 0 Å². The van der Waals surface area contributed by atoms with Crippen molar-refractivity contribution in [2.24, 2.45) is 5.92 Å².